The Hall–Kier alpha value is -1.36. The molecule has 1 saturated heterocycles. The maximum atomic E-state index is 10.8. The molecule has 0 aliphatic carbocycles. The number of amides is 1. The maximum Gasteiger partial charge on any atom is 0.221 e. The topological polar surface area (TPSA) is 59.0 Å². The zero-order chi connectivity index (χ0) is 9.97. The van der Waals surface area contributed by atoms with E-state index in [-0.39, 0.29) is 5.91 Å². The summed E-state index contributed by atoms with van der Waals surface area (Å²) in [7, 11) is 0. The number of carbonyl (C=O) groups is 1. The highest BCUT2D eigenvalue weighted by Gasteiger charge is 2.16. The summed E-state index contributed by atoms with van der Waals surface area (Å²) >= 11 is 0. The number of aromatic nitrogens is 2. The van der Waals surface area contributed by atoms with Crippen molar-refractivity contribution >= 4 is 11.6 Å². The zero-order valence-corrected chi connectivity index (χ0v) is 8.16. The predicted octanol–water partition coefficient (Wildman–Crippen LogP) is 0.376. The molecule has 1 fully saturated rings. The SMILES string of the molecule is CC(=O)Nc1cnn(C2CCNC2)c1. The number of carbonyl (C=O) groups excluding carboxylic acids is 1. The Kier molecular flexibility index (Phi) is 2.49. The van der Waals surface area contributed by atoms with E-state index in [4.69, 9.17) is 0 Å². The maximum absolute atomic E-state index is 10.8. The Morgan fingerprint density at radius 1 is 1.79 bits per heavy atom. The van der Waals surface area contributed by atoms with Crippen molar-refractivity contribution in [1.29, 1.82) is 0 Å². The summed E-state index contributed by atoms with van der Waals surface area (Å²) in [5.41, 5.74) is 0.768. The summed E-state index contributed by atoms with van der Waals surface area (Å²) in [6, 6.07) is 0.428. The zero-order valence-electron chi connectivity index (χ0n) is 8.16. The van der Waals surface area contributed by atoms with Crippen LogP contribution in [-0.4, -0.2) is 28.8 Å². The summed E-state index contributed by atoms with van der Waals surface area (Å²) in [6.07, 6.45) is 4.65. The molecule has 1 aromatic heterocycles. The monoisotopic (exact) mass is 194 g/mol. The first kappa shape index (κ1) is 9.21. The molecule has 1 aromatic rings. The third-order valence-corrected chi connectivity index (χ3v) is 2.33. The summed E-state index contributed by atoms with van der Waals surface area (Å²) in [6.45, 7) is 3.50. The highest BCUT2D eigenvalue weighted by Crippen LogP contribution is 2.16. The van der Waals surface area contributed by atoms with E-state index >= 15 is 0 Å². The van der Waals surface area contributed by atoms with Crippen molar-refractivity contribution in [3.63, 3.8) is 0 Å². The van der Waals surface area contributed by atoms with Gasteiger partial charge in [0.25, 0.3) is 0 Å². The lowest BCUT2D eigenvalue weighted by atomic mass is 10.3. The summed E-state index contributed by atoms with van der Waals surface area (Å²) in [5, 5.41) is 10.2. The molecular weight excluding hydrogens is 180 g/mol. The smallest absolute Gasteiger partial charge is 0.221 e. The van der Waals surface area contributed by atoms with Crippen LogP contribution < -0.4 is 10.6 Å². The van der Waals surface area contributed by atoms with E-state index in [0.29, 0.717) is 6.04 Å². The molecule has 1 amide bonds. The molecule has 5 heteroatoms. The van der Waals surface area contributed by atoms with Crippen molar-refractivity contribution in [2.24, 2.45) is 0 Å². The Balaban J connectivity index is 2.05. The van der Waals surface area contributed by atoms with Gasteiger partial charge in [-0.05, 0) is 13.0 Å². The first-order chi connectivity index (χ1) is 6.75. The molecule has 0 aromatic carbocycles. The van der Waals surface area contributed by atoms with Gasteiger partial charge >= 0.3 is 0 Å². The van der Waals surface area contributed by atoms with Crippen LogP contribution in [0.1, 0.15) is 19.4 Å². The second kappa shape index (κ2) is 3.79. The summed E-state index contributed by atoms with van der Waals surface area (Å²) in [4.78, 5) is 10.8. The van der Waals surface area contributed by atoms with E-state index in [1.165, 1.54) is 6.92 Å². The van der Waals surface area contributed by atoms with E-state index in [0.717, 1.165) is 25.2 Å². The minimum Gasteiger partial charge on any atom is -0.324 e. The van der Waals surface area contributed by atoms with Gasteiger partial charge in [0.1, 0.15) is 0 Å². The lowest BCUT2D eigenvalue weighted by molar-refractivity contribution is -0.114. The van der Waals surface area contributed by atoms with Crippen LogP contribution in [0.25, 0.3) is 0 Å². The molecule has 2 rings (SSSR count). The molecule has 1 aliphatic rings. The molecule has 1 atom stereocenters. The quantitative estimate of drug-likeness (QED) is 0.715. The summed E-state index contributed by atoms with van der Waals surface area (Å²) in [5.74, 6) is -0.0610. The average Bonchev–Trinajstić information content (AvgIpc) is 2.69. The first-order valence-corrected chi connectivity index (χ1v) is 4.78. The number of rotatable bonds is 2. The van der Waals surface area contributed by atoms with E-state index < -0.39 is 0 Å². The molecule has 0 bridgehead atoms. The lowest BCUT2D eigenvalue weighted by Gasteiger charge is -2.07. The van der Waals surface area contributed by atoms with Crippen molar-refractivity contribution in [1.82, 2.24) is 15.1 Å². The molecule has 0 radical (unpaired) electrons. The van der Waals surface area contributed by atoms with Gasteiger partial charge in [-0.2, -0.15) is 5.10 Å². The standard InChI is InChI=1S/C9H14N4O/c1-7(14)12-8-4-11-13(6-8)9-2-3-10-5-9/h4,6,9-10H,2-3,5H2,1H3,(H,12,14). The highest BCUT2D eigenvalue weighted by molar-refractivity contribution is 5.88. The molecule has 2 N–H and O–H groups in total. The van der Waals surface area contributed by atoms with Gasteiger partial charge in [-0.25, -0.2) is 0 Å². The molecule has 0 spiro atoms. The first-order valence-electron chi connectivity index (χ1n) is 4.78. The van der Waals surface area contributed by atoms with E-state index in [9.17, 15) is 4.79 Å². The second-order valence-electron chi connectivity index (χ2n) is 3.54. The second-order valence-corrected chi connectivity index (χ2v) is 3.54. The van der Waals surface area contributed by atoms with Gasteiger partial charge < -0.3 is 10.6 Å². The fraction of sp³-hybridized carbons (Fsp3) is 0.556. The van der Waals surface area contributed by atoms with E-state index in [1.54, 1.807) is 6.20 Å². The van der Waals surface area contributed by atoms with Crippen LogP contribution in [0.15, 0.2) is 12.4 Å². The fourth-order valence-electron chi connectivity index (χ4n) is 1.67. The van der Waals surface area contributed by atoms with Crippen molar-refractivity contribution in [3.05, 3.63) is 12.4 Å². The largest absolute Gasteiger partial charge is 0.324 e. The highest BCUT2D eigenvalue weighted by atomic mass is 16.1. The molecule has 1 unspecified atom stereocenters. The molecule has 76 valence electrons. The molecule has 5 nitrogen and oxygen atoms in total. The van der Waals surface area contributed by atoms with Crippen LogP contribution >= 0.6 is 0 Å². The van der Waals surface area contributed by atoms with Crippen LogP contribution in [0.3, 0.4) is 0 Å². The normalized spacial score (nSPS) is 21.1. The van der Waals surface area contributed by atoms with Gasteiger partial charge in [0.05, 0.1) is 17.9 Å². The molecule has 2 heterocycles. The van der Waals surface area contributed by atoms with Crippen LogP contribution in [0.4, 0.5) is 5.69 Å². The van der Waals surface area contributed by atoms with Crippen molar-refractivity contribution in [3.8, 4) is 0 Å². The van der Waals surface area contributed by atoms with Crippen molar-refractivity contribution in [2.75, 3.05) is 18.4 Å². The van der Waals surface area contributed by atoms with Crippen LogP contribution in [0, 0.1) is 0 Å². The Labute approximate surface area is 82.5 Å². The van der Waals surface area contributed by atoms with Crippen LogP contribution in [-0.2, 0) is 4.79 Å². The van der Waals surface area contributed by atoms with Crippen molar-refractivity contribution < 1.29 is 4.79 Å². The van der Waals surface area contributed by atoms with Gasteiger partial charge in [-0.3, -0.25) is 9.48 Å². The van der Waals surface area contributed by atoms with Gasteiger partial charge in [-0.15, -0.1) is 0 Å². The van der Waals surface area contributed by atoms with E-state index in [1.807, 2.05) is 10.9 Å². The van der Waals surface area contributed by atoms with Crippen LogP contribution in [0.5, 0.6) is 0 Å². The third-order valence-electron chi connectivity index (χ3n) is 2.33. The van der Waals surface area contributed by atoms with Crippen molar-refractivity contribution in [2.45, 2.75) is 19.4 Å². The average molecular weight is 194 g/mol. The van der Waals surface area contributed by atoms with Gasteiger partial charge in [-0.1, -0.05) is 0 Å². The minimum absolute atomic E-state index is 0.0610. The Bertz CT molecular complexity index is 327. The number of anilines is 1. The van der Waals surface area contributed by atoms with Gasteiger partial charge in [0.15, 0.2) is 0 Å². The number of nitrogens with zero attached hydrogens (tertiary/aromatic N) is 2. The van der Waals surface area contributed by atoms with Crippen LogP contribution in [0.2, 0.25) is 0 Å². The molecule has 14 heavy (non-hydrogen) atoms. The molecule has 1 aliphatic heterocycles. The molecular formula is C9H14N4O. The molecule has 0 saturated carbocycles. The predicted molar refractivity (Wildman–Crippen MR) is 53.1 cm³/mol. The number of nitrogens with one attached hydrogen (secondary N) is 2. The van der Waals surface area contributed by atoms with E-state index in [2.05, 4.69) is 15.7 Å². The Morgan fingerprint density at radius 3 is 3.29 bits per heavy atom. The minimum atomic E-state index is -0.0610. The number of hydrogen-bond donors (Lipinski definition) is 2. The lowest BCUT2D eigenvalue weighted by Crippen LogP contribution is -2.13. The Morgan fingerprint density at radius 2 is 2.64 bits per heavy atom. The fourth-order valence-corrected chi connectivity index (χ4v) is 1.67. The summed E-state index contributed by atoms with van der Waals surface area (Å²) < 4.78 is 1.91. The van der Waals surface area contributed by atoms with Gasteiger partial charge in [0.2, 0.25) is 5.91 Å². The third kappa shape index (κ3) is 1.93. The van der Waals surface area contributed by atoms with Gasteiger partial charge in [0, 0.05) is 19.7 Å². The number of hydrogen-bond acceptors (Lipinski definition) is 3.